The van der Waals surface area contributed by atoms with Gasteiger partial charge in [0.25, 0.3) is 5.91 Å². The van der Waals surface area contributed by atoms with Gasteiger partial charge in [-0.05, 0) is 44.5 Å². The maximum Gasteiger partial charge on any atom is 0.350 e. The summed E-state index contributed by atoms with van der Waals surface area (Å²) in [6, 6.07) is 7.63. The van der Waals surface area contributed by atoms with Crippen LogP contribution in [-0.2, 0) is 18.3 Å². The van der Waals surface area contributed by atoms with Gasteiger partial charge in [0.05, 0.1) is 30.1 Å². The summed E-state index contributed by atoms with van der Waals surface area (Å²) >= 11 is 1.08. The third-order valence-electron chi connectivity index (χ3n) is 5.09. The number of benzene rings is 1. The van der Waals surface area contributed by atoms with Crippen LogP contribution >= 0.6 is 11.3 Å². The number of rotatable bonds is 6. The summed E-state index contributed by atoms with van der Waals surface area (Å²) in [5.41, 5.74) is 2.97. The number of carbonyl (C=O) groups is 2. The number of carbonyl (C=O) groups excluding carboxylic acids is 2. The first-order valence-electron chi connectivity index (χ1n) is 10.3. The molecule has 0 fully saturated rings. The van der Waals surface area contributed by atoms with Crippen molar-refractivity contribution in [1.29, 1.82) is 0 Å². The Labute approximate surface area is 193 Å². The lowest BCUT2D eigenvalue weighted by Crippen LogP contribution is -2.30. The van der Waals surface area contributed by atoms with Gasteiger partial charge in [-0.3, -0.25) is 14.4 Å². The number of aryl methyl sites for hydroxylation is 3. The molecule has 170 valence electrons. The normalized spacial score (nSPS) is 11.1. The Morgan fingerprint density at radius 2 is 1.91 bits per heavy atom. The molecule has 0 bridgehead atoms. The number of fused-ring (bicyclic) bond motifs is 1. The van der Waals surface area contributed by atoms with Crippen molar-refractivity contribution in [2.45, 2.75) is 27.3 Å². The van der Waals surface area contributed by atoms with Crippen LogP contribution in [0.1, 0.15) is 43.9 Å². The molecule has 0 aliphatic rings. The second-order valence-corrected chi connectivity index (χ2v) is 8.43. The molecule has 8 nitrogen and oxygen atoms in total. The summed E-state index contributed by atoms with van der Waals surface area (Å²) in [6.07, 6.45) is 1.50. The lowest BCUT2D eigenvalue weighted by atomic mass is 10.1. The molecule has 3 heterocycles. The monoisotopic (exact) mass is 467 g/mol. The highest BCUT2D eigenvalue weighted by Crippen LogP contribution is 2.30. The predicted molar refractivity (Wildman–Crippen MR) is 123 cm³/mol. The molecule has 0 saturated carbocycles. The summed E-state index contributed by atoms with van der Waals surface area (Å²) in [6.45, 7) is 5.64. The Balaban J connectivity index is 1.76. The average Bonchev–Trinajstić information content (AvgIpc) is 3.32. The van der Waals surface area contributed by atoms with Gasteiger partial charge < -0.3 is 4.74 Å². The molecule has 4 aromatic rings. The van der Waals surface area contributed by atoms with Crippen LogP contribution in [0.15, 0.2) is 36.5 Å². The van der Waals surface area contributed by atoms with Gasteiger partial charge in [-0.1, -0.05) is 23.5 Å². The zero-order valence-corrected chi connectivity index (χ0v) is 19.4. The van der Waals surface area contributed by atoms with Crippen molar-refractivity contribution < 1.29 is 18.7 Å². The number of pyridine rings is 1. The van der Waals surface area contributed by atoms with Gasteiger partial charge in [0.15, 0.2) is 10.8 Å². The molecule has 33 heavy (non-hydrogen) atoms. The van der Waals surface area contributed by atoms with Crippen molar-refractivity contribution in [2.75, 3.05) is 11.5 Å². The fraction of sp³-hybridized carbons (Fsp3) is 0.261. The highest BCUT2D eigenvalue weighted by atomic mass is 32.1. The van der Waals surface area contributed by atoms with Crippen molar-refractivity contribution >= 4 is 39.4 Å². The van der Waals surface area contributed by atoms with Gasteiger partial charge in [0, 0.05) is 18.6 Å². The first-order valence-corrected chi connectivity index (χ1v) is 11.1. The maximum atomic E-state index is 13.6. The molecule has 0 radical (unpaired) electrons. The molecule has 0 aliphatic carbocycles. The number of anilines is 1. The Morgan fingerprint density at radius 3 is 2.61 bits per heavy atom. The fourth-order valence-electron chi connectivity index (χ4n) is 3.46. The number of nitrogens with zero attached hydrogens (tertiary/aromatic N) is 5. The van der Waals surface area contributed by atoms with Crippen molar-refractivity contribution in [2.24, 2.45) is 7.05 Å². The van der Waals surface area contributed by atoms with Crippen molar-refractivity contribution in [3.05, 3.63) is 69.7 Å². The van der Waals surface area contributed by atoms with E-state index in [1.54, 1.807) is 43.8 Å². The number of thiazole rings is 1. The van der Waals surface area contributed by atoms with E-state index in [0.29, 0.717) is 32.5 Å². The van der Waals surface area contributed by atoms with E-state index in [2.05, 4.69) is 15.1 Å². The van der Waals surface area contributed by atoms with Crippen LogP contribution < -0.4 is 4.90 Å². The van der Waals surface area contributed by atoms with E-state index in [-0.39, 0.29) is 24.9 Å². The molecular weight excluding hydrogens is 445 g/mol. The van der Waals surface area contributed by atoms with E-state index >= 15 is 0 Å². The van der Waals surface area contributed by atoms with E-state index in [1.807, 2.05) is 6.92 Å². The molecule has 0 N–H and O–H groups in total. The smallest absolute Gasteiger partial charge is 0.350 e. The summed E-state index contributed by atoms with van der Waals surface area (Å²) in [4.78, 5) is 36.6. The first kappa shape index (κ1) is 22.5. The van der Waals surface area contributed by atoms with Crippen LogP contribution in [0.25, 0.3) is 11.0 Å². The van der Waals surface area contributed by atoms with Crippen molar-refractivity contribution in [3.63, 3.8) is 0 Å². The maximum absolute atomic E-state index is 13.6. The van der Waals surface area contributed by atoms with Crippen LogP contribution in [0.4, 0.5) is 9.52 Å². The summed E-state index contributed by atoms with van der Waals surface area (Å²) in [5, 5.41) is 5.47. The molecule has 0 atom stereocenters. The minimum atomic E-state index is -0.484. The van der Waals surface area contributed by atoms with Crippen LogP contribution in [-0.4, -0.2) is 38.2 Å². The highest BCUT2D eigenvalue weighted by molar-refractivity contribution is 7.17. The van der Waals surface area contributed by atoms with E-state index < -0.39 is 5.97 Å². The topological polar surface area (TPSA) is 90.2 Å². The summed E-state index contributed by atoms with van der Waals surface area (Å²) in [7, 11) is 1.79. The molecule has 1 amide bonds. The minimum Gasteiger partial charge on any atom is -0.462 e. The zero-order valence-electron chi connectivity index (χ0n) is 18.6. The standard InChI is InChI=1S/C23H22FN5O3S/c1-5-32-22(31)19-14(3)26-23(33-19)29(12-15-6-8-17(24)9-7-15)21(30)16-10-18-13(2)27-28(4)20(18)25-11-16/h6-11H,5,12H2,1-4H3. The first-order chi connectivity index (χ1) is 15.8. The fourth-order valence-corrected chi connectivity index (χ4v) is 4.42. The Bertz CT molecular complexity index is 1350. The van der Waals surface area contributed by atoms with E-state index in [1.165, 1.54) is 23.2 Å². The number of amides is 1. The van der Waals surface area contributed by atoms with Gasteiger partial charge in [0.1, 0.15) is 10.7 Å². The molecule has 10 heteroatoms. The van der Waals surface area contributed by atoms with E-state index in [0.717, 1.165) is 22.4 Å². The lowest BCUT2D eigenvalue weighted by Gasteiger charge is -2.20. The van der Waals surface area contributed by atoms with Gasteiger partial charge in [-0.2, -0.15) is 5.10 Å². The third kappa shape index (κ3) is 4.47. The molecule has 0 spiro atoms. The molecule has 4 rings (SSSR count). The van der Waals surface area contributed by atoms with Crippen LogP contribution in [0.5, 0.6) is 0 Å². The number of aromatic nitrogens is 4. The number of halogens is 1. The molecule has 1 aromatic carbocycles. The second kappa shape index (κ2) is 9.07. The molecule has 3 aromatic heterocycles. The van der Waals surface area contributed by atoms with Crippen molar-refractivity contribution in [3.8, 4) is 0 Å². The number of ether oxygens (including phenoxy) is 1. The van der Waals surface area contributed by atoms with E-state index in [9.17, 15) is 14.0 Å². The lowest BCUT2D eigenvalue weighted by molar-refractivity contribution is 0.0531. The van der Waals surface area contributed by atoms with E-state index in [4.69, 9.17) is 4.74 Å². The summed E-state index contributed by atoms with van der Waals surface area (Å²) in [5.74, 6) is -1.20. The Hall–Kier alpha value is -3.66. The highest BCUT2D eigenvalue weighted by Gasteiger charge is 2.26. The zero-order chi connectivity index (χ0) is 23.7. The van der Waals surface area contributed by atoms with Gasteiger partial charge in [0.2, 0.25) is 0 Å². The summed E-state index contributed by atoms with van der Waals surface area (Å²) < 4.78 is 20.2. The van der Waals surface area contributed by atoms with Gasteiger partial charge in [-0.25, -0.2) is 19.2 Å². The molecular formula is C23H22FN5O3S. The van der Waals surface area contributed by atoms with Crippen molar-refractivity contribution in [1.82, 2.24) is 19.7 Å². The SMILES string of the molecule is CCOC(=O)c1sc(N(Cc2ccc(F)cc2)C(=O)c2cnc3c(c2)c(C)nn3C)nc1C. The molecule has 0 saturated heterocycles. The van der Waals surface area contributed by atoms with Gasteiger partial charge in [-0.15, -0.1) is 0 Å². The average molecular weight is 468 g/mol. The minimum absolute atomic E-state index is 0.137. The molecule has 0 unspecified atom stereocenters. The second-order valence-electron chi connectivity index (χ2n) is 7.45. The third-order valence-corrected chi connectivity index (χ3v) is 6.25. The Morgan fingerprint density at radius 1 is 1.18 bits per heavy atom. The van der Waals surface area contributed by atoms with Crippen LogP contribution in [0.2, 0.25) is 0 Å². The Kier molecular flexibility index (Phi) is 6.19. The predicted octanol–water partition coefficient (Wildman–Crippen LogP) is 4.20. The number of hydrogen-bond acceptors (Lipinski definition) is 7. The quantitative estimate of drug-likeness (QED) is 0.395. The van der Waals surface area contributed by atoms with Crippen LogP contribution in [0, 0.1) is 19.7 Å². The number of hydrogen-bond donors (Lipinski definition) is 0. The number of esters is 1. The van der Waals surface area contributed by atoms with Gasteiger partial charge >= 0.3 is 5.97 Å². The largest absolute Gasteiger partial charge is 0.462 e. The van der Waals surface area contributed by atoms with Crippen LogP contribution in [0.3, 0.4) is 0 Å². The molecule has 0 aliphatic heterocycles.